The normalized spacial score (nSPS) is 20.0. The van der Waals surface area contributed by atoms with Crippen molar-refractivity contribution in [1.29, 1.82) is 0 Å². The van der Waals surface area contributed by atoms with Crippen LogP contribution in [0.3, 0.4) is 0 Å². The number of Topliss-reactive ketones (excluding diaryl/α,β-unsaturated/α-hetero) is 1. The molecule has 0 radical (unpaired) electrons. The monoisotopic (exact) mass is 292 g/mol. The minimum atomic E-state index is -0.605. The SMILES string of the molecule is O=C(c1ccccc1)[C@@H]1O[C@H]1c1coc2ccccc2c1=O. The van der Waals surface area contributed by atoms with Gasteiger partial charge in [0.25, 0.3) is 0 Å². The van der Waals surface area contributed by atoms with Crippen molar-refractivity contribution >= 4 is 16.8 Å². The molecule has 2 aromatic carbocycles. The molecule has 1 saturated heterocycles. The molecule has 1 fully saturated rings. The van der Waals surface area contributed by atoms with Crippen LogP contribution in [0.5, 0.6) is 0 Å². The standard InChI is InChI=1S/C18H12O4/c19-15(11-6-2-1-3-7-11)18-17(22-18)13-10-21-14-9-5-4-8-12(14)16(13)20/h1-10,17-18H/t17-,18-/m0/s1. The highest BCUT2D eigenvalue weighted by molar-refractivity contribution is 6.01. The summed E-state index contributed by atoms with van der Waals surface area (Å²) in [7, 11) is 0. The van der Waals surface area contributed by atoms with Gasteiger partial charge in [-0.3, -0.25) is 9.59 Å². The topological polar surface area (TPSA) is 59.8 Å². The number of rotatable bonds is 3. The third-order valence-electron chi connectivity index (χ3n) is 3.82. The maximum absolute atomic E-state index is 12.5. The highest BCUT2D eigenvalue weighted by Crippen LogP contribution is 2.39. The first-order valence-electron chi connectivity index (χ1n) is 7.01. The molecule has 0 bridgehead atoms. The molecule has 4 heteroatoms. The first kappa shape index (κ1) is 13.0. The lowest BCUT2D eigenvalue weighted by Gasteiger charge is -1.99. The third kappa shape index (κ3) is 2.05. The summed E-state index contributed by atoms with van der Waals surface area (Å²) in [6, 6.07) is 16.0. The molecule has 0 N–H and O–H groups in total. The van der Waals surface area contributed by atoms with Gasteiger partial charge in [-0.2, -0.15) is 0 Å². The molecular formula is C18H12O4. The van der Waals surface area contributed by atoms with E-state index in [9.17, 15) is 9.59 Å². The van der Waals surface area contributed by atoms with Gasteiger partial charge < -0.3 is 9.15 Å². The third-order valence-corrected chi connectivity index (χ3v) is 3.82. The van der Waals surface area contributed by atoms with E-state index in [1.165, 1.54) is 6.26 Å². The molecular weight excluding hydrogens is 280 g/mol. The minimum absolute atomic E-state index is 0.113. The maximum Gasteiger partial charge on any atom is 0.198 e. The van der Waals surface area contributed by atoms with Crippen molar-refractivity contribution in [3.63, 3.8) is 0 Å². The molecule has 2 heterocycles. The highest BCUT2D eigenvalue weighted by atomic mass is 16.6. The van der Waals surface area contributed by atoms with Gasteiger partial charge in [0, 0.05) is 5.56 Å². The van der Waals surface area contributed by atoms with E-state index in [1.807, 2.05) is 6.07 Å². The fourth-order valence-electron chi connectivity index (χ4n) is 2.60. The van der Waals surface area contributed by atoms with E-state index in [1.54, 1.807) is 48.5 Å². The van der Waals surface area contributed by atoms with Gasteiger partial charge in [0.05, 0.1) is 10.9 Å². The second kappa shape index (κ2) is 4.93. The summed E-state index contributed by atoms with van der Waals surface area (Å²) < 4.78 is 10.9. The van der Waals surface area contributed by atoms with Gasteiger partial charge in [-0.25, -0.2) is 0 Å². The van der Waals surface area contributed by atoms with Crippen LogP contribution in [0.15, 0.2) is 70.1 Å². The summed E-state index contributed by atoms with van der Waals surface area (Å²) in [4.78, 5) is 24.8. The molecule has 108 valence electrons. The molecule has 4 nitrogen and oxygen atoms in total. The molecule has 1 aromatic heterocycles. The predicted octanol–water partition coefficient (Wildman–Crippen LogP) is 3.12. The predicted molar refractivity (Wildman–Crippen MR) is 80.9 cm³/mol. The van der Waals surface area contributed by atoms with Crippen LogP contribution in [-0.2, 0) is 4.74 Å². The zero-order valence-electron chi connectivity index (χ0n) is 11.6. The molecule has 3 aromatic rings. The van der Waals surface area contributed by atoms with E-state index < -0.39 is 12.2 Å². The molecule has 0 aliphatic carbocycles. The summed E-state index contributed by atoms with van der Waals surface area (Å²) in [6.07, 6.45) is 0.271. The Bertz CT molecular complexity index is 911. The lowest BCUT2D eigenvalue weighted by Crippen LogP contribution is -2.12. The van der Waals surface area contributed by atoms with Crippen LogP contribution in [0.4, 0.5) is 0 Å². The Hall–Kier alpha value is -2.72. The van der Waals surface area contributed by atoms with Crippen molar-refractivity contribution in [2.45, 2.75) is 12.2 Å². The van der Waals surface area contributed by atoms with Crippen molar-refractivity contribution in [3.05, 3.63) is 82.2 Å². The minimum Gasteiger partial charge on any atom is -0.464 e. The molecule has 0 saturated carbocycles. The van der Waals surface area contributed by atoms with E-state index in [2.05, 4.69) is 0 Å². The van der Waals surface area contributed by atoms with E-state index in [0.717, 1.165) is 0 Å². The van der Waals surface area contributed by atoms with Gasteiger partial charge >= 0.3 is 0 Å². The molecule has 0 spiro atoms. The Kier molecular flexibility index (Phi) is 2.91. The molecule has 0 amide bonds. The fraction of sp³-hybridized carbons (Fsp3) is 0.111. The van der Waals surface area contributed by atoms with Crippen molar-refractivity contribution in [3.8, 4) is 0 Å². The summed E-state index contributed by atoms with van der Waals surface area (Å²) in [5.41, 5.74) is 1.37. The Labute approximate surface area is 126 Å². The maximum atomic E-state index is 12.5. The molecule has 1 aliphatic heterocycles. The second-order valence-electron chi connectivity index (χ2n) is 5.22. The van der Waals surface area contributed by atoms with Crippen LogP contribution >= 0.6 is 0 Å². The van der Waals surface area contributed by atoms with Crippen molar-refractivity contribution in [2.24, 2.45) is 0 Å². The zero-order valence-corrected chi connectivity index (χ0v) is 11.6. The average molecular weight is 292 g/mol. The quantitative estimate of drug-likeness (QED) is 0.549. The van der Waals surface area contributed by atoms with Gasteiger partial charge in [0.1, 0.15) is 18.0 Å². The fourth-order valence-corrected chi connectivity index (χ4v) is 2.60. The second-order valence-corrected chi connectivity index (χ2v) is 5.22. The molecule has 22 heavy (non-hydrogen) atoms. The number of ether oxygens (including phenoxy) is 1. The Morgan fingerprint density at radius 2 is 1.68 bits per heavy atom. The number of hydrogen-bond acceptors (Lipinski definition) is 4. The number of fused-ring (bicyclic) bond motifs is 1. The number of epoxide rings is 1. The van der Waals surface area contributed by atoms with Crippen molar-refractivity contribution in [1.82, 2.24) is 0 Å². The van der Waals surface area contributed by atoms with E-state index in [0.29, 0.717) is 22.1 Å². The Morgan fingerprint density at radius 1 is 0.955 bits per heavy atom. The highest BCUT2D eigenvalue weighted by Gasteiger charge is 2.47. The Balaban J connectivity index is 1.67. The summed E-state index contributed by atoms with van der Waals surface area (Å²) in [6.45, 7) is 0. The van der Waals surface area contributed by atoms with Crippen molar-refractivity contribution in [2.75, 3.05) is 0 Å². The van der Waals surface area contributed by atoms with Crippen LogP contribution < -0.4 is 5.43 Å². The summed E-state index contributed by atoms with van der Waals surface area (Å²) in [5, 5.41) is 0.501. The molecule has 1 aliphatic rings. The van der Waals surface area contributed by atoms with Crippen LogP contribution in [0.1, 0.15) is 22.0 Å². The van der Waals surface area contributed by atoms with E-state index in [-0.39, 0.29) is 11.2 Å². The molecule has 0 unspecified atom stereocenters. The number of hydrogen-bond donors (Lipinski definition) is 0. The number of para-hydroxylation sites is 1. The van der Waals surface area contributed by atoms with Crippen LogP contribution in [0.25, 0.3) is 11.0 Å². The Morgan fingerprint density at radius 3 is 2.50 bits per heavy atom. The molecule has 4 rings (SSSR count). The van der Waals surface area contributed by atoms with Crippen LogP contribution in [-0.4, -0.2) is 11.9 Å². The number of benzene rings is 2. The largest absolute Gasteiger partial charge is 0.464 e. The van der Waals surface area contributed by atoms with Gasteiger partial charge in [-0.05, 0) is 12.1 Å². The van der Waals surface area contributed by atoms with Crippen LogP contribution in [0.2, 0.25) is 0 Å². The van der Waals surface area contributed by atoms with E-state index in [4.69, 9.17) is 9.15 Å². The average Bonchev–Trinajstić information content (AvgIpc) is 3.36. The smallest absolute Gasteiger partial charge is 0.198 e. The van der Waals surface area contributed by atoms with Gasteiger partial charge in [-0.1, -0.05) is 42.5 Å². The number of ketones is 1. The van der Waals surface area contributed by atoms with Crippen LogP contribution in [0, 0.1) is 0 Å². The summed E-state index contributed by atoms with van der Waals surface area (Å²) in [5.74, 6) is -0.113. The van der Waals surface area contributed by atoms with Gasteiger partial charge in [0.2, 0.25) is 0 Å². The number of carbonyl (C=O) groups is 1. The lowest BCUT2D eigenvalue weighted by molar-refractivity contribution is 0.0953. The number of carbonyl (C=O) groups excluding carboxylic acids is 1. The van der Waals surface area contributed by atoms with Gasteiger partial charge in [-0.15, -0.1) is 0 Å². The molecule has 2 atom stereocenters. The lowest BCUT2D eigenvalue weighted by atomic mass is 10.0. The van der Waals surface area contributed by atoms with E-state index >= 15 is 0 Å². The first-order chi connectivity index (χ1) is 10.8. The van der Waals surface area contributed by atoms with Gasteiger partial charge in [0.15, 0.2) is 17.3 Å². The zero-order chi connectivity index (χ0) is 15.1. The van der Waals surface area contributed by atoms with Crippen molar-refractivity contribution < 1.29 is 13.9 Å². The first-order valence-corrected chi connectivity index (χ1v) is 7.01. The summed E-state index contributed by atoms with van der Waals surface area (Å²) >= 11 is 0.